The molecule has 4 fully saturated rings. The third-order valence-corrected chi connectivity index (χ3v) is 18.9. The Hall–Kier alpha value is -7.05. The molecule has 0 bridgehead atoms. The van der Waals surface area contributed by atoms with Gasteiger partial charge in [-0.2, -0.15) is 8.42 Å². The number of carbonyl (C=O) groups excluding carboxylic acids is 6. The summed E-state index contributed by atoms with van der Waals surface area (Å²) in [5.74, 6) is -8.31. The van der Waals surface area contributed by atoms with Gasteiger partial charge in [-0.25, -0.2) is 0 Å². The first-order chi connectivity index (χ1) is 44.6. The van der Waals surface area contributed by atoms with Crippen LogP contribution in [-0.4, -0.2) is 245 Å². The van der Waals surface area contributed by atoms with E-state index >= 15 is 0 Å². The Morgan fingerprint density at radius 2 is 1.35 bits per heavy atom. The van der Waals surface area contributed by atoms with Crippen LogP contribution in [0.4, 0.5) is 0 Å². The van der Waals surface area contributed by atoms with Gasteiger partial charge < -0.3 is 96.6 Å². The molecule has 0 radical (unpaired) electrons. The lowest BCUT2D eigenvalue weighted by atomic mass is 9.82. The Labute approximate surface area is 547 Å². The van der Waals surface area contributed by atoms with Gasteiger partial charge in [0.2, 0.25) is 35.4 Å². The van der Waals surface area contributed by atoms with Gasteiger partial charge in [0.25, 0.3) is 0 Å². The topological polar surface area (TPSA) is 462 Å². The molecule has 1 aromatic heterocycles. The number of amides is 6. The SMILES string of the molecule is CC(C)Oc1ccc(-c2ccc(-c3nnc(C4CCC(CN[C@H]5C[C@@H](O)CNC(=O)[C@@H]6[C@@H](O)[C@@H](C)CN6C(=O)[C@H]([C@H](O)CCNC(CO)CO)NC(=O)[C@H]([C@H](O)Cc6ccc(O)c(OS(=O)(=O)O)c6)NC(=O)[C@@H]6C[C@@H](O)CN6C(=O)[C@H]([C@@H](C)O)NC5=O)CC4)s3)cc2)cc1. The first kappa shape index (κ1) is 72.8. The summed E-state index contributed by atoms with van der Waals surface area (Å²) < 4.78 is 42.8. The van der Waals surface area contributed by atoms with Gasteiger partial charge in [0.15, 0.2) is 11.5 Å². The highest BCUT2D eigenvalue weighted by Crippen LogP contribution is 2.39. The zero-order valence-corrected chi connectivity index (χ0v) is 54.1. The van der Waals surface area contributed by atoms with Gasteiger partial charge in [0, 0.05) is 49.9 Å². The second kappa shape index (κ2) is 32.6. The quantitative estimate of drug-likeness (QED) is 0.0400. The maximum atomic E-state index is 15.0. The highest BCUT2D eigenvalue weighted by atomic mass is 32.3. The number of aromatic nitrogens is 2. The lowest BCUT2D eigenvalue weighted by Gasteiger charge is -2.34. The number of carbonyl (C=O) groups is 6. The van der Waals surface area contributed by atoms with Crippen LogP contribution in [0.3, 0.4) is 0 Å². The number of hydrogen-bond acceptors (Lipinski definition) is 24. The summed E-state index contributed by atoms with van der Waals surface area (Å²) in [6.07, 6.45) is -9.37. The fourth-order valence-electron chi connectivity index (χ4n) is 12.2. The molecule has 1 saturated carbocycles. The van der Waals surface area contributed by atoms with Crippen LogP contribution in [0.25, 0.3) is 21.7 Å². The van der Waals surface area contributed by atoms with Crippen molar-refractivity contribution in [1.82, 2.24) is 51.9 Å². The molecule has 94 heavy (non-hydrogen) atoms. The fraction of sp³-hybridized carbons (Fsp3) is 0.581. The van der Waals surface area contributed by atoms with Crippen LogP contribution in [0, 0.1) is 11.8 Å². The van der Waals surface area contributed by atoms with Crippen molar-refractivity contribution in [2.75, 3.05) is 45.9 Å². The lowest BCUT2D eigenvalue weighted by Crippen LogP contribution is -2.64. The smallest absolute Gasteiger partial charge is 0.446 e. The molecule has 16 N–H and O–H groups in total. The first-order valence-electron chi connectivity index (χ1n) is 31.4. The Kier molecular flexibility index (Phi) is 25.2. The molecular formula is C62H86N10O20S2. The molecular weight excluding hydrogens is 1270 g/mol. The van der Waals surface area contributed by atoms with Gasteiger partial charge in [-0.3, -0.25) is 33.3 Å². The van der Waals surface area contributed by atoms with E-state index in [0.717, 1.165) is 73.3 Å². The molecule has 30 nitrogen and oxygen atoms in total. The predicted molar refractivity (Wildman–Crippen MR) is 338 cm³/mol. The minimum Gasteiger partial charge on any atom is -0.504 e. The standard InChI is InChI=1S/C62H86N10O20S2/c1-31(2)91-43-16-14-37(15-17-43)36-10-12-39(13-11-36)60-70-69-59(93-60)38-8-5-34(6-9-38)25-64-44-23-41(76)26-65-58(85)53-54(81)32(3)27-72(53)62(87)52(47(79)19-20-63-40(29-73)30-74)68-57(84)51(48(80)21-35-7-18-46(78)49(22-35)92-94(88,89)90)67-56(83)45-24-42(77)28-71(45)61(86)50(33(4)75)66-55(44)82/h7,10-18,22,31-34,38,40-42,44-45,47-48,50-54,63-64,73-81H,5-6,8-9,19-21,23-30H2,1-4H3,(H,65,85)(H,66,82)(H,67,83)(H,68,84)(H,88,89,90)/t32-,33+,34?,38?,41+,42+,44-,45-,47+,48+,50-,51-,52-,53-,54-/m0/s1. The van der Waals surface area contributed by atoms with Crippen molar-refractivity contribution < 1.29 is 96.6 Å². The van der Waals surface area contributed by atoms with Crippen LogP contribution < -0.4 is 40.8 Å². The average Bonchev–Trinajstić information content (AvgIpc) is 1.62. The van der Waals surface area contributed by atoms with Gasteiger partial charge in [-0.1, -0.05) is 60.7 Å². The molecule has 1 aliphatic carbocycles. The Morgan fingerprint density at radius 1 is 0.723 bits per heavy atom. The number of β-amino-alcohol motifs (C(OH)–C–C–N with tert-alkyl or cyclic N) is 1. The first-order valence-corrected chi connectivity index (χ1v) is 33.6. The third kappa shape index (κ3) is 18.9. The summed E-state index contributed by atoms with van der Waals surface area (Å²) in [5, 5.41) is 125. The number of aromatic hydroxyl groups is 1. The third-order valence-electron chi connectivity index (χ3n) is 17.4. The number of fused-ring (bicyclic) bond motifs is 2. The van der Waals surface area contributed by atoms with Crippen molar-refractivity contribution in [3.63, 3.8) is 0 Å². The second-order valence-electron chi connectivity index (χ2n) is 25.0. The number of phenols is 1. The van der Waals surface area contributed by atoms with E-state index < -0.39 is 194 Å². The van der Waals surface area contributed by atoms with Crippen LogP contribution in [0.2, 0.25) is 0 Å². The fourth-order valence-corrected chi connectivity index (χ4v) is 13.6. The summed E-state index contributed by atoms with van der Waals surface area (Å²) in [6.45, 7) is 4.10. The van der Waals surface area contributed by atoms with Crippen molar-refractivity contribution in [3.8, 4) is 38.9 Å². The summed E-state index contributed by atoms with van der Waals surface area (Å²) in [4.78, 5) is 89.8. The molecule has 32 heteroatoms. The number of nitrogens with one attached hydrogen (secondary N) is 6. The Morgan fingerprint density at radius 3 is 1.99 bits per heavy atom. The van der Waals surface area contributed by atoms with E-state index in [1.807, 2.05) is 62.4 Å². The normalized spacial score (nSPS) is 27.4. The maximum absolute atomic E-state index is 15.0. The maximum Gasteiger partial charge on any atom is 0.446 e. The van der Waals surface area contributed by atoms with Gasteiger partial charge in [0.05, 0.1) is 68.0 Å². The monoisotopic (exact) mass is 1350 g/mol. The lowest BCUT2D eigenvalue weighted by molar-refractivity contribution is -0.147. The van der Waals surface area contributed by atoms with Crippen molar-refractivity contribution in [2.45, 2.75) is 170 Å². The average molecular weight is 1360 g/mol. The van der Waals surface area contributed by atoms with Crippen LogP contribution in [0.5, 0.6) is 17.2 Å². The number of ether oxygens (including phenoxy) is 1. The number of hydrogen-bond donors (Lipinski definition) is 16. The Bertz CT molecular complexity index is 3350. The minimum atomic E-state index is -5.22. The highest BCUT2D eigenvalue weighted by molar-refractivity contribution is 7.81. The van der Waals surface area contributed by atoms with Gasteiger partial charge in [-0.05, 0) is 119 Å². The minimum absolute atomic E-state index is 0.0103. The summed E-state index contributed by atoms with van der Waals surface area (Å²) >= 11 is 1.52. The summed E-state index contributed by atoms with van der Waals surface area (Å²) in [5.41, 5.74) is 2.90. The molecule has 13 atom stereocenters. The molecule has 4 aliphatic rings. The van der Waals surface area contributed by atoms with Gasteiger partial charge in [0.1, 0.15) is 46.0 Å². The summed E-state index contributed by atoms with van der Waals surface area (Å²) in [6, 6.07) is 7.15. The highest BCUT2D eigenvalue weighted by Gasteiger charge is 2.50. The molecule has 0 unspecified atom stereocenters. The van der Waals surface area contributed by atoms with E-state index in [9.17, 15) is 87.7 Å². The molecule has 4 heterocycles. The molecule has 4 aromatic rings. The van der Waals surface area contributed by atoms with E-state index in [4.69, 9.17) is 4.74 Å². The number of rotatable bonds is 21. The van der Waals surface area contributed by atoms with Crippen LogP contribution in [0.1, 0.15) is 89.1 Å². The zero-order valence-electron chi connectivity index (χ0n) is 52.4. The van der Waals surface area contributed by atoms with E-state index in [-0.39, 0.29) is 43.1 Å². The molecule has 3 saturated heterocycles. The van der Waals surface area contributed by atoms with Gasteiger partial charge in [-0.15, -0.1) is 10.2 Å². The number of phenolic OH excluding ortho intramolecular Hbond substituents is 1. The Balaban J connectivity index is 1.04. The van der Waals surface area contributed by atoms with Crippen LogP contribution >= 0.6 is 11.3 Å². The molecule has 3 aliphatic heterocycles. The summed E-state index contributed by atoms with van der Waals surface area (Å²) in [7, 11) is -5.22. The van der Waals surface area contributed by atoms with E-state index in [0.29, 0.717) is 12.8 Å². The molecule has 3 aromatic carbocycles. The number of aliphatic hydroxyl groups is 8. The van der Waals surface area contributed by atoms with Crippen molar-refractivity contribution in [3.05, 3.63) is 77.3 Å². The second-order valence-corrected chi connectivity index (χ2v) is 27.0. The van der Waals surface area contributed by atoms with Crippen molar-refractivity contribution >= 4 is 57.2 Å². The number of benzene rings is 3. The van der Waals surface area contributed by atoms with Crippen LogP contribution in [-0.2, 0) is 45.6 Å². The van der Waals surface area contributed by atoms with E-state index in [1.54, 1.807) is 0 Å². The van der Waals surface area contributed by atoms with Crippen molar-refractivity contribution in [1.29, 1.82) is 0 Å². The van der Waals surface area contributed by atoms with E-state index in [1.165, 1.54) is 25.2 Å². The largest absolute Gasteiger partial charge is 0.504 e. The predicted octanol–water partition coefficient (Wildman–Crippen LogP) is -2.04. The molecule has 8 rings (SSSR count). The molecule has 516 valence electrons. The molecule has 0 spiro atoms. The molecule has 6 amide bonds. The van der Waals surface area contributed by atoms with E-state index in [2.05, 4.69) is 46.3 Å². The van der Waals surface area contributed by atoms with Crippen LogP contribution in [0.15, 0.2) is 66.7 Å². The van der Waals surface area contributed by atoms with Crippen molar-refractivity contribution in [2.24, 2.45) is 11.8 Å². The number of nitrogens with zero attached hydrogens (tertiary/aromatic N) is 4. The van der Waals surface area contributed by atoms with Gasteiger partial charge >= 0.3 is 10.4 Å². The number of aliphatic hydroxyl groups excluding tert-OH is 8. The zero-order chi connectivity index (χ0) is 68.3.